The van der Waals surface area contributed by atoms with Crippen LogP contribution in [0.1, 0.15) is 11.1 Å². The summed E-state index contributed by atoms with van der Waals surface area (Å²) in [6.45, 7) is 6.68. The van der Waals surface area contributed by atoms with Crippen molar-refractivity contribution in [2.45, 2.75) is 13.5 Å². The van der Waals surface area contributed by atoms with Crippen molar-refractivity contribution in [2.75, 3.05) is 31.1 Å². The lowest BCUT2D eigenvalue weighted by Gasteiger charge is -2.31. The number of piperazine rings is 1. The zero-order valence-electron chi connectivity index (χ0n) is 13.1. The summed E-state index contributed by atoms with van der Waals surface area (Å²) in [6.07, 6.45) is 0. The molecule has 0 bridgehead atoms. The topological polar surface area (TPSA) is 24.5 Å². The quantitative estimate of drug-likeness (QED) is 0.889. The van der Waals surface area contributed by atoms with Crippen LogP contribution in [-0.4, -0.2) is 26.2 Å². The van der Waals surface area contributed by atoms with Crippen LogP contribution in [0.4, 0.5) is 5.69 Å². The SMILES string of the molecule is Cc1c(OCc2ccc(Cl)c(Cl)c2)cccc1N1CCNCC1. The highest BCUT2D eigenvalue weighted by molar-refractivity contribution is 6.42. The van der Waals surface area contributed by atoms with E-state index < -0.39 is 0 Å². The lowest BCUT2D eigenvalue weighted by molar-refractivity contribution is 0.304. The monoisotopic (exact) mass is 350 g/mol. The summed E-state index contributed by atoms with van der Waals surface area (Å²) in [5, 5.41) is 4.50. The van der Waals surface area contributed by atoms with Gasteiger partial charge < -0.3 is 15.0 Å². The Kier molecular flexibility index (Phi) is 5.31. The van der Waals surface area contributed by atoms with Gasteiger partial charge in [-0.2, -0.15) is 0 Å². The predicted molar refractivity (Wildman–Crippen MR) is 97.1 cm³/mol. The van der Waals surface area contributed by atoms with Crippen LogP contribution < -0.4 is 15.0 Å². The van der Waals surface area contributed by atoms with E-state index in [0.29, 0.717) is 16.7 Å². The molecule has 0 aromatic heterocycles. The lowest BCUT2D eigenvalue weighted by Crippen LogP contribution is -2.43. The summed E-state index contributed by atoms with van der Waals surface area (Å²) in [7, 11) is 0. The van der Waals surface area contributed by atoms with Gasteiger partial charge in [0.25, 0.3) is 0 Å². The van der Waals surface area contributed by atoms with E-state index in [2.05, 4.69) is 29.3 Å². The summed E-state index contributed by atoms with van der Waals surface area (Å²) in [5.74, 6) is 0.909. The summed E-state index contributed by atoms with van der Waals surface area (Å²) < 4.78 is 6.01. The Balaban J connectivity index is 1.73. The average Bonchev–Trinajstić information content (AvgIpc) is 2.58. The molecule has 1 aliphatic rings. The van der Waals surface area contributed by atoms with Crippen LogP contribution >= 0.6 is 23.2 Å². The minimum atomic E-state index is 0.475. The first-order chi connectivity index (χ1) is 11.1. The first-order valence-electron chi connectivity index (χ1n) is 7.77. The summed E-state index contributed by atoms with van der Waals surface area (Å²) in [6, 6.07) is 11.8. The van der Waals surface area contributed by atoms with Crippen LogP contribution in [0.3, 0.4) is 0 Å². The molecule has 1 fully saturated rings. The third-order valence-corrected chi connectivity index (χ3v) is 4.83. The number of ether oxygens (including phenoxy) is 1. The molecule has 1 saturated heterocycles. The van der Waals surface area contributed by atoms with Gasteiger partial charge in [0.1, 0.15) is 12.4 Å². The molecule has 1 aliphatic heterocycles. The molecule has 3 nitrogen and oxygen atoms in total. The highest BCUT2D eigenvalue weighted by Gasteiger charge is 2.14. The maximum atomic E-state index is 6.05. The van der Waals surface area contributed by atoms with Crippen LogP contribution in [0.5, 0.6) is 5.75 Å². The van der Waals surface area contributed by atoms with Gasteiger partial charge in [0.05, 0.1) is 10.0 Å². The zero-order valence-corrected chi connectivity index (χ0v) is 14.6. The number of rotatable bonds is 4. The Morgan fingerprint density at radius 2 is 1.87 bits per heavy atom. The van der Waals surface area contributed by atoms with Gasteiger partial charge in [-0.05, 0) is 36.8 Å². The minimum Gasteiger partial charge on any atom is -0.489 e. The molecule has 0 atom stereocenters. The largest absolute Gasteiger partial charge is 0.489 e. The Morgan fingerprint density at radius 1 is 1.09 bits per heavy atom. The Hall–Kier alpha value is -1.42. The number of anilines is 1. The second kappa shape index (κ2) is 7.43. The summed E-state index contributed by atoms with van der Waals surface area (Å²) in [4.78, 5) is 2.40. The van der Waals surface area contributed by atoms with Gasteiger partial charge in [-0.1, -0.05) is 35.3 Å². The number of hydrogen-bond donors (Lipinski definition) is 1. The average molecular weight is 351 g/mol. The molecule has 0 unspecified atom stereocenters. The summed E-state index contributed by atoms with van der Waals surface area (Å²) >= 11 is 12.0. The van der Waals surface area contributed by atoms with Crippen molar-refractivity contribution >= 4 is 28.9 Å². The van der Waals surface area contributed by atoms with Gasteiger partial charge >= 0.3 is 0 Å². The molecule has 0 aliphatic carbocycles. The van der Waals surface area contributed by atoms with E-state index in [0.717, 1.165) is 37.5 Å². The highest BCUT2D eigenvalue weighted by Crippen LogP contribution is 2.30. The molecule has 1 heterocycles. The van der Waals surface area contributed by atoms with Crippen molar-refractivity contribution in [2.24, 2.45) is 0 Å². The predicted octanol–water partition coefficient (Wildman–Crippen LogP) is 4.29. The van der Waals surface area contributed by atoms with Gasteiger partial charge in [0, 0.05) is 37.4 Å². The molecule has 2 aromatic carbocycles. The zero-order chi connectivity index (χ0) is 16.2. The lowest BCUT2D eigenvalue weighted by atomic mass is 10.1. The van der Waals surface area contributed by atoms with Gasteiger partial charge in [-0.3, -0.25) is 0 Å². The molecular weight excluding hydrogens is 331 g/mol. The van der Waals surface area contributed by atoms with Crippen molar-refractivity contribution in [3.8, 4) is 5.75 Å². The molecular formula is C18H20Cl2N2O. The molecule has 0 saturated carbocycles. The van der Waals surface area contributed by atoms with E-state index >= 15 is 0 Å². The molecule has 122 valence electrons. The van der Waals surface area contributed by atoms with E-state index in [4.69, 9.17) is 27.9 Å². The van der Waals surface area contributed by atoms with Gasteiger partial charge in [-0.15, -0.1) is 0 Å². The fourth-order valence-corrected chi connectivity index (χ4v) is 3.12. The Morgan fingerprint density at radius 3 is 2.61 bits per heavy atom. The third kappa shape index (κ3) is 3.92. The van der Waals surface area contributed by atoms with Crippen molar-refractivity contribution in [3.63, 3.8) is 0 Å². The van der Waals surface area contributed by atoms with Crippen LogP contribution in [0.2, 0.25) is 10.0 Å². The van der Waals surface area contributed by atoms with Crippen LogP contribution in [0.15, 0.2) is 36.4 Å². The van der Waals surface area contributed by atoms with Crippen molar-refractivity contribution in [1.82, 2.24) is 5.32 Å². The smallest absolute Gasteiger partial charge is 0.124 e. The van der Waals surface area contributed by atoms with Gasteiger partial charge in [0.15, 0.2) is 0 Å². The number of hydrogen-bond acceptors (Lipinski definition) is 3. The van der Waals surface area contributed by atoms with Crippen molar-refractivity contribution in [1.29, 1.82) is 0 Å². The highest BCUT2D eigenvalue weighted by atomic mass is 35.5. The maximum absolute atomic E-state index is 6.05. The van der Waals surface area contributed by atoms with Gasteiger partial charge in [0.2, 0.25) is 0 Å². The normalized spacial score (nSPS) is 14.8. The molecule has 0 amide bonds. The summed E-state index contributed by atoms with van der Waals surface area (Å²) in [5.41, 5.74) is 3.43. The van der Waals surface area contributed by atoms with Gasteiger partial charge in [-0.25, -0.2) is 0 Å². The number of nitrogens with one attached hydrogen (secondary N) is 1. The van der Waals surface area contributed by atoms with Crippen molar-refractivity contribution in [3.05, 3.63) is 57.6 Å². The Bertz CT molecular complexity index is 685. The second-order valence-electron chi connectivity index (χ2n) is 5.67. The maximum Gasteiger partial charge on any atom is 0.124 e. The second-order valence-corrected chi connectivity index (χ2v) is 6.49. The first-order valence-corrected chi connectivity index (χ1v) is 8.53. The van der Waals surface area contributed by atoms with E-state index in [9.17, 15) is 0 Å². The molecule has 0 spiro atoms. The number of halogens is 2. The van der Waals surface area contributed by atoms with E-state index in [1.165, 1.54) is 11.3 Å². The third-order valence-electron chi connectivity index (χ3n) is 4.09. The van der Waals surface area contributed by atoms with E-state index in [1.807, 2.05) is 18.2 Å². The van der Waals surface area contributed by atoms with Crippen LogP contribution in [0.25, 0.3) is 0 Å². The first kappa shape index (κ1) is 16.4. The molecule has 23 heavy (non-hydrogen) atoms. The molecule has 5 heteroatoms. The Labute approximate surface area is 147 Å². The number of benzene rings is 2. The minimum absolute atomic E-state index is 0.475. The molecule has 1 N–H and O–H groups in total. The van der Waals surface area contributed by atoms with Crippen LogP contribution in [0, 0.1) is 6.92 Å². The fraction of sp³-hybridized carbons (Fsp3) is 0.333. The fourth-order valence-electron chi connectivity index (χ4n) is 2.80. The van der Waals surface area contributed by atoms with Crippen molar-refractivity contribution < 1.29 is 4.74 Å². The standard InChI is InChI=1S/C18H20Cl2N2O/c1-13-17(22-9-7-21-8-10-22)3-2-4-18(13)23-12-14-5-6-15(19)16(20)11-14/h2-6,11,21H,7-10,12H2,1H3. The molecule has 3 rings (SSSR count). The van der Waals surface area contributed by atoms with E-state index in [1.54, 1.807) is 6.07 Å². The van der Waals surface area contributed by atoms with Crippen LogP contribution in [-0.2, 0) is 6.61 Å². The molecule has 2 aromatic rings. The number of nitrogens with zero attached hydrogens (tertiary/aromatic N) is 1. The molecule has 0 radical (unpaired) electrons. The van der Waals surface area contributed by atoms with E-state index in [-0.39, 0.29) is 0 Å².